The van der Waals surface area contributed by atoms with E-state index in [1.54, 1.807) is 18.3 Å². The molecule has 1 amide bonds. The van der Waals surface area contributed by atoms with Gasteiger partial charge in [0.25, 0.3) is 5.91 Å². The van der Waals surface area contributed by atoms with Crippen LogP contribution in [-0.2, 0) is 11.2 Å². The van der Waals surface area contributed by atoms with E-state index in [2.05, 4.69) is 17.5 Å². The van der Waals surface area contributed by atoms with Gasteiger partial charge in [-0.05, 0) is 54.3 Å². The minimum atomic E-state index is -0.322. The number of nitrogens with zero attached hydrogens (tertiary/aromatic N) is 1. The second kappa shape index (κ2) is 8.89. The predicted molar refractivity (Wildman–Crippen MR) is 98.9 cm³/mol. The monoisotopic (exact) mass is 354 g/mol. The van der Waals surface area contributed by atoms with Crippen LogP contribution in [0.25, 0.3) is 0 Å². The average Bonchev–Trinajstić information content (AvgIpc) is 3.13. The Labute approximate surface area is 152 Å². The Morgan fingerprint density at radius 3 is 2.81 bits per heavy atom. The largest absolute Gasteiger partial charge is 0.484 e. The minimum Gasteiger partial charge on any atom is -0.484 e. The third-order valence-electron chi connectivity index (χ3n) is 3.91. The molecule has 0 saturated heterocycles. The lowest BCUT2D eigenvalue weighted by Crippen LogP contribution is -2.24. The molecule has 6 nitrogen and oxygen atoms in total. The number of hydrazone groups is 1. The van der Waals surface area contributed by atoms with E-state index < -0.39 is 0 Å². The first kappa shape index (κ1) is 17.8. The first-order valence-corrected chi connectivity index (χ1v) is 8.68. The van der Waals surface area contributed by atoms with Crippen molar-refractivity contribution in [1.82, 2.24) is 5.43 Å². The number of ether oxygens (including phenoxy) is 3. The highest BCUT2D eigenvalue weighted by atomic mass is 16.7. The molecule has 26 heavy (non-hydrogen) atoms. The Morgan fingerprint density at radius 1 is 1.19 bits per heavy atom. The first-order valence-electron chi connectivity index (χ1n) is 8.68. The summed E-state index contributed by atoms with van der Waals surface area (Å²) < 4.78 is 16.0. The van der Waals surface area contributed by atoms with Crippen molar-refractivity contribution < 1.29 is 19.0 Å². The van der Waals surface area contributed by atoms with E-state index >= 15 is 0 Å². The third kappa shape index (κ3) is 4.99. The number of hydrogen-bond donors (Lipinski definition) is 1. The molecule has 0 radical (unpaired) electrons. The van der Waals surface area contributed by atoms with Gasteiger partial charge in [-0.2, -0.15) is 5.10 Å². The van der Waals surface area contributed by atoms with Gasteiger partial charge in [-0.15, -0.1) is 0 Å². The lowest BCUT2D eigenvalue weighted by Gasteiger charge is -2.06. The zero-order chi connectivity index (χ0) is 18.2. The zero-order valence-corrected chi connectivity index (χ0v) is 14.7. The summed E-state index contributed by atoms with van der Waals surface area (Å²) in [6, 6.07) is 13.3. The molecule has 0 unspecified atom stereocenters. The number of aryl methyl sites for hydroxylation is 1. The van der Waals surface area contributed by atoms with Crippen LogP contribution in [0.1, 0.15) is 30.9 Å². The van der Waals surface area contributed by atoms with Crippen molar-refractivity contribution in [1.29, 1.82) is 0 Å². The second-order valence-corrected chi connectivity index (χ2v) is 5.94. The molecule has 0 saturated carbocycles. The Kier molecular flexibility index (Phi) is 6.09. The molecule has 2 aromatic rings. The summed E-state index contributed by atoms with van der Waals surface area (Å²) in [5, 5.41) is 3.93. The Morgan fingerprint density at radius 2 is 2.00 bits per heavy atom. The smallest absolute Gasteiger partial charge is 0.277 e. The highest BCUT2D eigenvalue weighted by Crippen LogP contribution is 2.31. The minimum absolute atomic E-state index is 0.0905. The highest BCUT2D eigenvalue weighted by Gasteiger charge is 2.12. The molecule has 0 fully saturated rings. The van der Waals surface area contributed by atoms with Crippen LogP contribution in [0.4, 0.5) is 0 Å². The average molecular weight is 354 g/mol. The fourth-order valence-electron chi connectivity index (χ4n) is 2.49. The molecular formula is C20H22N2O4. The molecule has 1 N–H and O–H groups in total. The van der Waals surface area contributed by atoms with E-state index in [0.29, 0.717) is 17.2 Å². The van der Waals surface area contributed by atoms with Crippen LogP contribution in [0.2, 0.25) is 0 Å². The van der Waals surface area contributed by atoms with E-state index in [1.807, 2.05) is 30.3 Å². The van der Waals surface area contributed by atoms with Gasteiger partial charge >= 0.3 is 0 Å². The van der Waals surface area contributed by atoms with Crippen molar-refractivity contribution in [3.8, 4) is 17.2 Å². The molecule has 0 bridgehead atoms. The molecule has 1 heterocycles. The number of unbranched alkanes of at least 4 members (excludes halogenated alkanes) is 1. The summed E-state index contributed by atoms with van der Waals surface area (Å²) in [4.78, 5) is 11.8. The van der Waals surface area contributed by atoms with Crippen LogP contribution in [-0.4, -0.2) is 25.5 Å². The van der Waals surface area contributed by atoms with E-state index in [-0.39, 0.29) is 19.3 Å². The van der Waals surface area contributed by atoms with E-state index in [4.69, 9.17) is 14.2 Å². The first-order chi connectivity index (χ1) is 12.7. The summed E-state index contributed by atoms with van der Waals surface area (Å²) in [6.45, 7) is 2.31. The van der Waals surface area contributed by atoms with Crippen molar-refractivity contribution in [3.63, 3.8) is 0 Å². The molecule has 2 aromatic carbocycles. The van der Waals surface area contributed by atoms with Crippen LogP contribution in [0, 0.1) is 0 Å². The van der Waals surface area contributed by atoms with Crippen molar-refractivity contribution >= 4 is 12.1 Å². The number of carbonyl (C=O) groups is 1. The van der Waals surface area contributed by atoms with Gasteiger partial charge in [0.2, 0.25) is 6.79 Å². The van der Waals surface area contributed by atoms with Crippen molar-refractivity contribution in [2.45, 2.75) is 26.2 Å². The van der Waals surface area contributed by atoms with Crippen molar-refractivity contribution in [2.24, 2.45) is 5.10 Å². The third-order valence-corrected chi connectivity index (χ3v) is 3.91. The topological polar surface area (TPSA) is 69.2 Å². The molecule has 0 aromatic heterocycles. The standard InChI is InChI=1S/C20H22N2O4/c1-2-3-4-15-5-8-17(9-6-15)24-13-20(23)22-21-12-16-7-10-18-19(11-16)26-14-25-18/h5-12H,2-4,13-14H2,1H3,(H,22,23)/b21-12-. The number of hydrogen-bond acceptors (Lipinski definition) is 5. The fraction of sp³-hybridized carbons (Fsp3) is 0.300. The van der Waals surface area contributed by atoms with Crippen LogP contribution >= 0.6 is 0 Å². The van der Waals surface area contributed by atoms with Gasteiger partial charge in [-0.25, -0.2) is 5.43 Å². The van der Waals surface area contributed by atoms with E-state index in [1.165, 1.54) is 18.4 Å². The normalized spacial score (nSPS) is 12.3. The van der Waals surface area contributed by atoms with Gasteiger partial charge < -0.3 is 14.2 Å². The fourth-order valence-corrected chi connectivity index (χ4v) is 2.49. The summed E-state index contributed by atoms with van der Waals surface area (Å²) in [5.41, 5.74) is 4.52. The summed E-state index contributed by atoms with van der Waals surface area (Å²) in [5.74, 6) is 1.73. The van der Waals surface area contributed by atoms with Gasteiger partial charge in [0.05, 0.1) is 6.21 Å². The molecule has 136 valence electrons. The van der Waals surface area contributed by atoms with Gasteiger partial charge in [0.15, 0.2) is 18.1 Å². The van der Waals surface area contributed by atoms with E-state index in [0.717, 1.165) is 12.0 Å². The molecule has 1 aliphatic heterocycles. The number of carbonyl (C=O) groups excluding carboxylic acids is 1. The number of fused-ring (bicyclic) bond motifs is 1. The number of benzene rings is 2. The maximum Gasteiger partial charge on any atom is 0.277 e. The lowest BCUT2D eigenvalue weighted by molar-refractivity contribution is -0.123. The number of rotatable bonds is 8. The van der Waals surface area contributed by atoms with Crippen molar-refractivity contribution in [3.05, 3.63) is 53.6 Å². The SMILES string of the molecule is CCCCc1ccc(OCC(=O)N/N=C\c2ccc3c(c2)OCO3)cc1. The predicted octanol–water partition coefficient (Wildman–Crippen LogP) is 3.29. The number of amides is 1. The Hall–Kier alpha value is -3.02. The van der Waals surface area contributed by atoms with Gasteiger partial charge in [-0.1, -0.05) is 25.5 Å². The number of nitrogens with one attached hydrogen (secondary N) is 1. The Balaban J connectivity index is 1.42. The summed E-state index contributed by atoms with van der Waals surface area (Å²) in [6.07, 6.45) is 4.95. The van der Waals surface area contributed by atoms with Gasteiger partial charge in [0.1, 0.15) is 5.75 Å². The molecule has 6 heteroatoms. The molecule has 3 rings (SSSR count). The Bertz CT molecular complexity index is 772. The van der Waals surface area contributed by atoms with Gasteiger partial charge in [-0.3, -0.25) is 4.79 Å². The van der Waals surface area contributed by atoms with Crippen LogP contribution in [0.5, 0.6) is 17.2 Å². The van der Waals surface area contributed by atoms with Crippen LogP contribution < -0.4 is 19.6 Å². The quantitative estimate of drug-likeness (QED) is 0.583. The molecule has 0 atom stereocenters. The molecule has 1 aliphatic rings. The highest BCUT2D eigenvalue weighted by molar-refractivity contribution is 5.83. The van der Waals surface area contributed by atoms with E-state index in [9.17, 15) is 4.79 Å². The maximum absolute atomic E-state index is 11.8. The van der Waals surface area contributed by atoms with Crippen molar-refractivity contribution in [2.75, 3.05) is 13.4 Å². The van der Waals surface area contributed by atoms with Crippen LogP contribution in [0.15, 0.2) is 47.6 Å². The van der Waals surface area contributed by atoms with Gasteiger partial charge in [0, 0.05) is 0 Å². The summed E-state index contributed by atoms with van der Waals surface area (Å²) in [7, 11) is 0. The molecule has 0 spiro atoms. The second-order valence-electron chi connectivity index (χ2n) is 5.94. The zero-order valence-electron chi connectivity index (χ0n) is 14.7. The van der Waals surface area contributed by atoms with Crippen LogP contribution in [0.3, 0.4) is 0 Å². The lowest BCUT2D eigenvalue weighted by atomic mass is 10.1. The summed E-state index contributed by atoms with van der Waals surface area (Å²) >= 11 is 0. The molecular weight excluding hydrogens is 332 g/mol. The molecule has 0 aliphatic carbocycles. The maximum atomic E-state index is 11.8.